The molecule has 0 saturated heterocycles. The molecule has 0 unspecified atom stereocenters. The summed E-state index contributed by atoms with van der Waals surface area (Å²) in [5.74, 6) is -1.42. The van der Waals surface area contributed by atoms with Crippen molar-refractivity contribution in [2.45, 2.75) is 13.0 Å². The first-order valence-electron chi connectivity index (χ1n) is 10.9. The Morgan fingerprint density at radius 3 is 2.58 bits per heavy atom. The summed E-state index contributed by atoms with van der Waals surface area (Å²) in [4.78, 5) is 29.8. The van der Waals surface area contributed by atoms with Gasteiger partial charge in [-0.2, -0.15) is 5.10 Å². The van der Waals surface area contributed by atoms with Crippen LogP contribution in [-0.2, 0) is 0 Å². The van der Waals surface area contributed by atoms with E-state index in [9.17, 15) is 19.1 Å². The van der Waals surface area contributed by atoms with Gasteiger partial charge in [0.1, 0.15) is 23.1 Å². The summed E-state index contributed by atoms with van der Waals surface area (Å²) in [6, 6.07) is 17.2. The highest BCUT2D eigenvalue weighted by atomic mass is 35.5. The third kappa shape index (κ3) is 5.51. The molecule has 0 fully saturated rings. The zero-order valence-corrected chi connectivity index (χ0v) is 19.8. The highest BCUT2D eigenvalue weighted by Gasteiger charge is 2.20. The van der Waals surface area contributed by atoms with Crippen molar-refractivity contribution >= 4 is 35.1 Å². The van der Waals surface area contributed by atoms with Gasteiger partial charge in [0.25, 0.3) is 11.8 Å². The number of rotatable bonds is 7. The van der Waals surface area contributed by atoms with E-state index in [4.69, 9.17) is 17.3 Å². The molecule has 2 aromatic carbocycles. The van der Waals surface area contributed by atoms with Gasteiger partial charge in [-0.05, 0) is 43.3 Å². The second-order valence-electron chi connectivity index (χ2n) is 7.94. The van der Waals surface area contributed by atoms with Gasteiger partial charge >= 0.3 is 0 Å². The third-order valence-corrected chi connectivity index (χ3v) is 5.42. The number of halogens is 2. The Balaban J connectivity index is 1.69. The highest BCUT2D eigenvalue weighted by molar-refractivity contribution is 6.34. The highest BCUT2D eigenvalue weighted by Crippen LogP contribution is 2.28. The van der Waals surface area contributed by atoms with Crippen LogP contribution < -0.4 is 16.4 Å². The fraction of sp³-hybridized carbons (Fsp3) is 0.120. The SMILES string of the molecule is C[C@@H](O)CNC(=O)c1cc(NC(=O)c2cc(-c3nc(N)ccc3F)ccc2Cl)n(-c2ccccc2)n1. The minimum Gasteiger partial charge on any atom is -0.392 e. The number of carbonyl (C=O) groups is 2. The van der Waals surface area contributed by atoms with Crippen molar-refractivity contribution in [1.82, 2.24) is 20.1 Å². The van der Waals surface area contributed by atoms with Crippen LogP contribution in [0.4, 0.5) is 16.0 Å². The maximum atomic E-state index is 14.4. The zero-order valence-electron chi connectivity index (χ0n) is 19.1. The van der Waals surface area contributed by atoms with Crippen LogP contribution in [0.15, 0.2) is 66.7 Å². The van der Waals surface area contributed by atoms with Crippen molar-refractivity contribution in [2.75, 3.05) is 17.6 Å². The number of nitrogen functional groups attached to an aromatic ring is 1. The minimum atomic E-state index is -0.738. The molecular formula is C25H22ClFN6O3. The van der Waals surface area contributed by atoms with Crippen LogP contribution in [0.5, 0.6) is 0 Å². The van der Waals surface area contributed by atoms with E-state index >= 15 is 0 Å². The Labute approximate surface area is 210 Å². The van der Waals surface area contributed by atoms with Gasteiger partial charge in [0, 0.05) is 18.2 Å². The predicted molar refractivity (Wildman–Crippen MR) is 135 cm³/mol. The Hall–Kier alpha value is -4.28. The van der Waals surface area contributed by atoms with Gasteiger partial charge in [0.2, 0.25) is 0 Å². The first-order valence-corrected chi connectivity index (χ1v) is 11.3. The number of nitrogens with two attached hydrogens (primary N) is 1. The van der Waals surface area contributed by atoms with E-state index in [1.807, 2.05) is 6.07 Å². The molecular weight excluding hydrogens is 487 g/mol. The normalized spacial score (nSPS) is 11.7. The summed E-state index contributed by atoms with van der Waals surface area (Å²) in [5, 5.41) is 19.2. The van der Waals surface area contributed by atoms with Gasteiger partial charge in [0.15, 0.2) is 5.69 Å². The predicted octanol–water partition coefficient (Wildman–Crippen LogP) is 3.67. The molecule has 2 aromatic heterocycles. The van der Waals surface area contributed by atoms with Gasteiger partial charge in [-0.1, -0.05) is 35.9 Å². The van der Waals surface area contributed by atoms with Crippen molar-refractivity contribution in [1.29, 1.82) is 0 Å². The maximum absolute atomic E-state index is 14.4. The number of pyridine rings is 1. The van der Waals surface area contributed by atoms with Crippen LogP contribution in [-0.4, -0.2) is 44.3 Å². The molecule has 11 heteroatoms. The Kier molecular flexibility index (Phi) is 7.28. The van der Waals surface area contributed by atoms with Gasteiger partial charge < -0.3 is 21.5 Å². The van der Waals surface area contributed by atoms with Gasteiger partial charge in [-0.25, -0.2) is 14.1 Å². The van der Waals surface area contributed by atoms with E-state index in [-0.39, 0.29) is 40.2 Å². The van der Waals surface area contributed by atoms with Crippen molar-refractivity contribution in [3.05, 3.63) is 88.8 Å². The van der Waals surface area contributed by atoms with Gasteiger partial charge in [-0.15, -0.1) is 0 Å². The fourth-order valence-electron chi connectivity index (χ4n) is 3.37. The molecule has 0 radical (unpaired) electrons. The van der Waals surface area contributed by atoms with Gasteiger partial charge in [0.05, 0.1) is 22.4 Å². The van der Waals surface area contributed by atoms with Gasteiger partial charge in [-0.3, -0.25) is 9.59 Å². The van der Waals surface area contributed by atoms with Crippen molar-refractivity contribution in [3.8, 4) is 16.9 Å². The van der Waals surface area contributed by atoms with E-state index in [1.165, 1.54) is 48.0 Å². The van der Waals surface area contributed by atoms with E-state index in [1.54, 1.807) is 24.3 Å². The monoisotopic (exact) mass is 508 g/mol. The second kappa shape index (κ2) is 10.5. The summed E-state index contributed by atoms with van der Waals surface area (Å²) in [6.07, 6.45) is -0.738. The molecule has 0 bridgehead atoms. The maximum Gasteiger partial charge on any atom is 0.271 e. The number of benzene rings is 2. The molecule has 2 heterocycles. The summed E-state index contributed by atoms with van der Waals surface area (Å²) in [7, 11) is 0. The van der Waals surface area contributed by atoms with Crippen LogP contribution in [0.1, 0.15) is 27.8 Å². The zero-order chi connectivity index (χ0) is 25.8. The number of nitrogens with one attached hydrogen (secondary N) is 2. The Morgan fingerprint density at radius 2 is 1.86 bits per heavy atom. The largest absolute Gasteiger partial charge is 0.392 e. The van der Waals surface area contributed by atoms with Crippen molar-refractivity contribution in [2.24, 2.45) is 0 Å². The van der Waals surface area contributed by atoms with Crippen LogP contribution in [0.25, 0.3) is 16.9 Å². The summed E-state index contributed by atoms with van der Waals surface area (Å²) in [6.45, 7) is 1.58. The first-order chi connectivity index (χ1) is 17.2. The number of hydrogen-bond acceptors (Lipinski definition) is 6. The number of nitrogens with zero attached hydrogens (tertiary/aromatic N) is 3. The lowest BCUT2D eigenvalue weighted by atomic mass is 10.1. The average Bonchev–Trinajstić information content (AvgIpc) is 3.28. The van der Waals surface area contributed by atoms with Crippen LogP contribution in [0.2, 0.25) is 5.02 Å². The number of aromatic nitrogens is 3. The lowest BCUT2D eigenvalue weighted by molar-refractivity contribution is 0.0918. The van der Waals surface area contributed by atoms with E-state index < -0.39 is 23.7 Å². The number of para-hydroxylation sites is 1. The molecule has 36 heavy (non-hydrogen) atoms. The lowest BCUT2D eigenvalue weighted by Gasteiger charge is -2.11. The molecule has 2 amide bonds. The number of anilines is 2. The van der Waals surface area contributed by atoms with E-state index in [0.29, 0.717) is 11.3 Å². The summed E-state index contributed by atoms with van der Waals surface area (Å²) < 4.78 is 15.7. The summed E-state index contributed by atoms with van der Waals surface area (Å²) in [5.41, 5.74) is 6.65. The molecule has 0 aliphatic rings. The van der Waals surface area contributed by atoms with Crippen molar-refractivity contribution in [3.63, 3.8) is 0 Å². The number of amides is 2. The number of hydrogen-bond donors (Lipinski definition) is 4. The molecule has 9 nitrogen and oxygen atoms in total. The van der Waals surface area contributed by atoms with E-state index in [2.05, 4.69) is 20.7 Å². The average molecular weight is 509 g/mol. The topological polar surface area (TPSA) is 135 Å². The van der Waals surface area contributed by atoms with Crippen LogP contribution in [0.3, 0.4) is 0 Å². The molecule has 184 valence electrons. The number of carbonyl (C=O) groups excluding carboxylic acids is 2. The van der Waals surface area contributed by atoms with E-state index in [0.717, 1.165) is 0 Å². The van der Waals surface area contributed by atoms with Crippen molar-refractivity contribution < 1.29 is 19.1 Å². The Bertz CT molecular complexity index is 1420. The summed E-state index contributed by atoms with van der Waals surface area (Å²) >= 11 is 6.29. The molecule has 5 N–H and O–H groups in total. The fourth-order valence-corrected chi connectivity index (χ4v) is 3.57. The second-order valence-corrected chi connectivity index (χ2v) is 8.34. The standard InChI is InChI=1S/C25H22ClFN6O3/c1-14(34)13-29-25(36)20-12-22(33(32-20)16-5-3-2-4-6-16)31-24(35)17-11-15(7-8-18(17)26)23-19(27)9-10-21(28)30-23/h2-12,14,34H,13H2,1H3,(H2,28,30)(H,29,36)(H,31,35)/t14-/m1/s1. The number of aliphatic hydroxyl groups excluding tert-OH is 1. The number of aliphatic hydroxyl groups is 1. The smallest absolute Gasteiger partial charge is 0.271 e. The molecule has 4 rings (SSSR count). The third-order valence-electron chi connectivity index (χ3n) is 5.09. The first kappa shape index (κ1) is 24.8. The Morgan fingerprint density at radius 1 is 1.11 bits per heavy atom. The lowest BCUT2D eigenvalue weighted by Crippen LogP contribution is -2.30. The molecule has 1 atom stereocenters. The van der Waals surface area contributed by atoms with Crippen LogP contribution >= 0.6 is 11.6 Å². The van der Waals surface area contributed by atoms with Crippen LogP contribution in [0, 0.1) is 5.82 Å². The molecule has 0 spiro atoms. The molecule has 0 aliphatic heterocycles. The molecule has 4 aromatic rings. The molecule has 0 saturated carbocycles. The quantitative estimate of drug-likeness (QED) is 0.301. The minimum absolute atomic E-state index is 0.0212. The molecule has 0 aliphatic carbocycles.